The Balaban J connectivity index is 1.25. The van der Waals surface area contributed by atoms with Crippen LogP contribution >= 0.6 is 23.2 Å². The highest BCUT2D eigenvalue weighted by molar-refractivity contribution is 7.93. The summed E-state index contributed by atoms with van der Waals surface area (Å²) < 4.78 is 57.6. The molecule has 0 heterocycles. The number of carbonyl (C=O) groups is 2. The van der Waals surface area contributed by atoms with E-state index in [1.165, 1.54) is 48.5 Å². The number of guanidine groups is 1. The molecule has 0 aliphatic carbocycles. The van der Waals surface area contributed by atoms with Crippen LogP contribution in [0.3, 0.4) is 0 Å². The molecule has 54 heavy (non-hydrogen) atoms. The van der Waals surface area contributed by atoms with Crippen molar-refractivity contribution in [3.63, 3.8) is 0 Å². The molecule has 0 fully saturated rings. The summed E-state index contributed by atoms with van der Waals surface area (Å²) in [6.07, 6.45) is 1.81. The lowest BCUT2D eigenvalue weighted by Crippen LogP contribution is -2.26. The summed E-state index contributed by atoms with van der Waals surface area (Å²) in [5, 5.41) is 35.9. The lowest BCUT2D eigenvalue weighted by molar-refractivity contribution is 0.0686. The Morgan fingerprint density at radius 3 is 1.56 bits per heavy atom. The van der Waals surface area contributed by atoms with Gasteiger partial charge in [0.05, 0.1) is 36.7 Å². The number of hydrogen-bond acceptors (Lipinski definition) is 8. The molecule has 0 saturated carbocycles. The van der Waals surface area contributed by atoms with Gasteiger partial charge in [-0.15, -0.1) is 0 Å². The second-order valence-corrected chi connectivity index (χ2v) is 15.6. The van der Waals surface area contributed by atoms with Crippen molar-refractivity contribution in [3.8, 4) is 6.19 Å². The standard InChI is InChI=1S/C36H24Cl2N6O8S2/c37-32-11-7-26(17-30(32)34(45)46)43-53(49,50)28-9-3-20-1-5-24(13-22(20)15-28)41-36(40-19-39)42-25-6-2-21-4-10-29(16-23(21)14-25)54(51,52)44-27-8-12-33(38)31(18-27)35(47)48/h1-18,43-44H,(H,45,46)(H,47,48)(H2,40,41,42). The number of anilines is 3. The molecule has 6 aromatic carbocycles. The van der Waals surface area contributed by atoms with Gasteiger partial charge in [-0.25, -0.2) is 31.4 Å². The first-order valence-electron chi connectivity index (χ1n) is 15.3. The molecule has 0 unspecified atom stereocenters. The van der Waals surface area contributed by atoms with E-state index in [0.29, 0.717) is 32.9 Å². The average molecular weight is 804 g/mol. The number of rotatable bonds is 10. The van der Waals surface area contributed by atoms with Crippen LogP contribution in [0.15, 0.2) is 124 Å². The van der Waals surface area contributed by atoms with E-state index >= 15 is 0 Å². The van der Waals surface area contributed by atoms with Gasteiger partial charge in [-0.1, -0.05) is 47.5 Å². The van der Waals surface area contributed by atoms with Gasteiger partial charge in [-0.2, -0.15) is 5.26 Å². The molecule has 272 valence electrons. The van der Waals surface area contributed by atoms with Crippen molar-refractivity contribution in [2.75, 3.05) is 14.8 Å². The van der Waals surface area contributed by atoms with E-state index in [-0.39, 0.29) is 48.3 Å². The summed E-state index contributed by atoms with van der Waals surface area (Å²) in [6, 6.07) is 26.3. The molecular weight excluding hydrogens is 779 g/mol. The lowest BCUT2D eigenvalue weighted by Gasteiger charge is -2.12. The minimum absolute atomic E-state index is 0.000955. The van der Waals surface area contributed by atoms with Gasteiger partial charge in [0.15, 0.2) is 6.19 Å². The fraction of sp³-hybridized carbons (Fsp3) is 0. The highest BCUT2D eigenvalue weighted by Crippen LogP contribution is 2.29. The maximum absolute atomic E-state index is 13.2. The summed E-state index contributed by atoms with van der Waals surface area (Å²) in [5.41, 5.74) is 0.253. The van der Waals surface area contributed by atoms with Gasteiger partial charge in [0.25, 0.3) is 20.0 Å². The number of sulfonamides is 2. The van der Waals surface area contributed by atoms with E-state index in [1.54, 1.807) is 48.5 Å². The van der Waals surface area contributed by atoms with Crippen molar-refractivity contribution in [2.24, 2.45) is 4.99 Å². The number of hydrogen-bond donors (Lipinski definition) is 6. The van der Waals surface area contributed by atoms with Gasteiger partial charge in [-0.05, 0) is 106 Å². The summed E-state index contributed by atoms with van der Waals surface area (Å²) in [4.78, 5) is 27.2. The van der Waals surface area contributed by atoms with E-state index in [4.69, 9.17) is 23.2 Å². The van der Waals surface area contributed by atoms with Gasteiger partial charge in [0.2, 0.25) is 5.96 Å². The smallest absolute Gasteiger partial charge is 0.337 e. The van der Waals surface area contributed by atoms with E-state index < -0.39 is 32.0 Å². The number of halogens is 2. The summed E-state index contributed by atoms with van der Waals surface area (Å²) in [5.74, 6) is -2.63. The predicted octanol–water partition coefficient (Wildman–Crippen LogP) is 7.47. The van der Waals surface area contributed by atoms with Crippen molar-refractivity contribution in [1.29, 1.82) is 5.26 Å². The van der Waals surface area contributed by atoms with Gasteiger partial charge < -0.3 is 15.5 Å². The molecule has 6 aromatic rings. The topological polar surface area (TPSA) is 227 Å². The Labute approximate surface area is 317 Å². The molecule has 0 bridgehead atoms. The highest BCUT2D eigenvalue weighted by Gasteiger charge is 2.19. The Morgan fingerprint density at radius 1 is 0.593 bits per heavy atom. The number of aromatic carboxylic acids is 2. The molecule has 6 N–H and O–H groups in total. The third-order valence-electron chi connectivity index (χ3n) is 7.80. The quantitative estimate of drug-likeness (QED) is 0.0345. The second-order valence-electron chi connectivity index (χ2n) is 11.4. The molecule has 14 nitrogen and oxygen atoms in total. The fourth-order valence-electron chi connectivity index (χ4n) is 5.26. The minimum Gasteiger partial charge on any atom is -0.478 e. The summed E-state index contributed by atoms with van der Waals surface area (Å²) in [7, 11) is -8.31. The lowest BCUT2D eigenvalue weighted by atomic mass is 10.1. The normalized spacial score (nSPS) is 11.8. The van der Waals surface area contributed by atoms with Crippen molar-refractivity contribution < 1.29 is 36.6 Å². The van der Waals surface area contributed by atoms with E-state index in [2.05, 4.69) is 25.1 Å². The third kappa shape index (κ3) is 8.30. The number of carboxylic acids is 2. The van der Waals surface area contributed by atoms with Gasteiger partial charge in [0.1, 0.15) is 0 Å². The molecule has 0 amide bonds. The SMILES string of the molecule is N#CNC(=Nc1ccc2ccc(S(=O)(=O)Nc3ccc(Cl)c(C(=O)O)c3)cc2c1)Nc1ccc2ccc(S(=O)(=O)Nc3ccc(Cl)c(C(=O)O)c3)cc2c1. The first-order valence-corrected chi connectivity index (χ1v) is 19.0. The molecule has 0 spiro atoms. The van der Waals surface area contributed by atoms with E-state index in [1.807, 2.05) is 6.19 Å². The van der Waals surface area contributed by atoms with Crippen LogP contribution in [-0.4, -0.2) is 44.9 Å². The Bertz CT molecular complexity index is 2830. The average Bonchev–Trinajstić information content (AvgIpc) is 3.12. The number of fused-ring (bicyclic) bond motifs is 2. The number of carboxylic acid groups (broad SMARTS) is 2. The van der Waals surface area contributed by atoms with Crippen molar-refractivity contribution in [1.82, 2.24) is 5.32 Å². The zero-order chi connectivity index (χ0) is 38.8. The number of aliphatic imine (C=N–C) groups is 1. The summed E-state index contributed by atoms with van der Waals surface area (Å²) >= 11 is 11.8. The molecule has 0 atom stereocenters. The Morgan fingerprint density at radius 2 is 1.06 bits per heavy atom. The number of benzene rings is 6. The maximum Gasteiger partial charge on any atom is 0.337 e. The molecule has 0 aromatic heterocycles. The molecule has 0 saturated heterocycles. The maximum atomic E-state index is 13.2. The van der Waals surface area contributed by atoms with Crippen molar-refractivity contribution in [2.45, 2.75) is 9.79 Å². The van der Waals surface area contributed by atoms with Crippen LogP contribution in [0, 0.1) is 11.5 Å². The highest BCUT2D eigenvalue weighted by atomic mass is 35.5. The van der Waals surface area contributed by atoms with Crippen LogP contribution in [0.25, 0.3) is 21.5 Å². The Hall–Kier alpha value is -6.38. The fourth-order valence-corrected chi connectivity index (χ4v) is 7.82. The predicted molar refractivity (Wildman–Crippen MR) is 206 cm³/mol. The van der Waals surface area contributed by atoms with Crippen molar-refractivity contribution >= 4 is 105 Å². The first-order chi connectivity index (χ1) is 25.6. The third-order valence-corrected chi connectivity index (χ3v) is 11.2. The monoisotopic (exact) mass is 802 g/mol. The van der Waals surface area contributed by atoms with Crippen LogP contribution in [0.5, 0.6) is 0 Å². The second kappa shape index (κ2) is 14.9. The van der Waals surface area contributed by atoms with Gasteiger partial charge in [-0.3, -0.25) is 14.8 Å². The first kappa shape index (κ1) is 37.4. The van der Waals surface area contributed by atoms with Crippen LogP contribution < -0.4 is 20.1 Å². The van der Waals surface area contributed by atoms with Crippen LogP contribution in [0.4, 0.5) is 22.7 Å². The van der Waals surface area contributed by atoms with Gasteiger partial charge >= 0.3 is 11.9 Å². The molecule has 0 radical (unpaired) electrons. The number of nitrogens with zero attached hydrogens (tertiary/aromatic N) is 2. The van der Waals surface area contributed by atoms with Crippen LogP contribution in [0.2, 0.25) is 10.0 Å². The van der Waals surface area contributed by atoms with Gasteiger partial charge in [0, 0.05) is 17.1 Å². The number of nitrogens with one attached hydrogen (secondary N) is 4. The molecule has 18 heteroatoms. The Kier molecular flexibility index (Phi) is 10.3. The molecule has 0 aliphatic heterocycles. The minimum atomic E-state index is -4.16. The largest absolute Gasteiger partial charge is 0.478 e. The number of nitriles is 1. The van der Waals surface area contributed by atoms with E-state index in [0.717, 1.165) is 12.1 Å². The van der Waals surface area contributed by atoms with Crippen LogP contribution in [0.1, 0.15) is 20.7 Å². The molecule has 6 rings (SSSR count). The van der Waals surface area contributed by atoms with Crippen molar-refractivity contribution in [3.05, 3.63) is 130 Å². The van der Waals surface area contributed by atoms with Crippen LogP contribution in [-0.2, 0) is 20.0 Å². The zero-order valence-electron chi connectivity index (χ0n) is 27.2. The summed E-state index contributed by atoms with van der Waals surface area (Å²) in [6.45, 7) is 0. The molecular formula is C36H24Cl2N6O8S2. The van der Waals surface area contributed by atoms with E-state index in [9.17, 15) is 41.9 Å². The molecule has 0 aliphatic rings. The zero-order valence-corrected chi connectivity index (χ0v) is 30.3.